The number of benzene rings is 1. The lowest BCUT2D eigenvalue weighted by atomic mass is 10.2. The SMILES string of the molecule is CCCN(CC)NC(=O)CNC(=O)OCc1ccccc1. The first-order chi connectivity index (χ1) is 10.2. The maximum Gasteiger partial charge on any atom is 0.407 e. The number of hydrogen-bond donors (Lipinski definition) is 2. The molecule has 6 heteroatoms. The van der Waals surface area contributed by atoms with Gasteiger partial charge < -0.3 is 10.1 Å². The molecule has 116 valence electrons. The zero-order valence-electron chi connectivity index (χ0n) is 12.6. The zero-order chi connectivity index (χ0) is 15.5. The Bertz CT molecular complexity index is 437. The number of rotatable bonds is 8. The van der Waals surface area contributed by atoms with Crippen LogP contribution >= 0.6 is 0 Å². The molecule has 0 aliphatic carbocycles. The Morgan fingerprint density at radius 2 is 1.90 bits per heavy atom. The molecule has 0 unspecified atom stereocenters. The lowest BCUT2D eigenvalue weighted by Crippen LogP contribution is -2.46. The maximum atomic E-state index is 11.6. The Kier molecular flexibility index (Phi) is 7.89. The first-order valence-electron chi connectivity index (χ1n) is 7.14. The van der Waals surface area contributed by atoms with Crippen molar-refractivity contribution in [2.45, 2.75) is 26.9 Å². The number of amides is 2. The van der Waals surface area contributed by atoms with Crippen molar-refractivity contribution in [2.24, 2.45) is 0 Å². The Labute approximate surface area is 125 Å². The maximum absolute atomic E-state index is 11.6. The fourth-order valence-electron chi connectivity index (χ4n) is 1.71. The second-order valence-electron chi connectivity index (χ2n) is 4.53. The summed E-state index contributed by atoms with van der Waals surface area (Å²) >= 11 is 0. The van der Waals surface area contributed by atoms with Crippen LogP contribution in [0.2, 0.25) is 0 Å². The van der Waals surface area contributed by atoms with Crippen molar-refractivity contribution >= 4 is 12.0 Å². The number of hydrazine groups is 1. The third-order valence-electron chi connectivity index (χ3n) is 2.76. The van der Waals surface area contributed by atoms with Crippen LogP contribution in [0.4, 0.5) is 4.79 Å². The van der Waals surface area contributed by atoms with Crippen LogP contribution in [0.3, 0.4) is 0 Å². The lowest BCUT2D eigenvalue weighted by Gasteiger charge is -2.20. The van der Waals surface area contributed by atoms with Crippen LogP contribution in [0, 0.1) is 0 Å². The first kappa shape index (κ1) is 17.0. The Morgan fingerprint density at radius 3 is 2.52 bits per heavy atom. The fraction of sp³-hybridized carbons (Fsp3) is 0.467. The summed E-state index contributed by atoms with van der Waals surface area (Å²) in [5.41, 5.74) is 3.62. The van der Waals surface area contributed by atoms with Crippen LogP contribution < -0.4 is 10.7 Å². The summed E-state index contributed by atoms with van der Waals surface area (Å²) < 4.78 is 5.01. The molecule has 0 radical (unpaired) electrons. The zero-order valence-corrected chi connectivity index (χ0v) is 12.6. The van der Waals surface area contributed by atoms with Crippen molar-refractivity contribution < 1.29 is 14.3 Å². The monoisotopic (exact) mass is 293 g/mol. The highest BCUT2D eigenvalue weighted by Crippen LogP contribution is 2.00. The smallest absolute Gasteiger partial charge is 0.407 e. The number of hydrogen-bond acceptors (Lipinski definition) is 4. The summed E-state index contributed by atoms with van der Waals surface area (Å²) in [6.07, 6.45) is 0.341. The second kappa shape index (κ2) is 9.77. The Balaban J connectivity index is 2.21. The molecule has 2 amide bonds. The number of nitrogens with zero attached hydrogens (tertiary/aromatic N) is 1. The van der Waals surface area contributed by atoms with E-state index in [2.05, 4.69) is 10.7 Å². The predicted octanol–water partition coefficient (Wildman–Crippen LogP) is 1.68. The summed E-state index contributed by atoms with van der Waals surface area (Å²) in [4.78, 5) is 23.1. The van der Waals surface area contributed by atoms with Crippen LogP contribution in [-0.2, 0) is 16.1 Å². The van der Waals surface area contributed by atoms with E-state index in [1.807, 2.05) is 44.2 Å². The first-order valence-corrected chi connectivity index (χ1v) is 7.14. The summed E-state index contributed by atoms with van der Waals surface area (Å²) in [7, 11) is 0. The van der Waals surface area contributed by atoms with Gasteiger partial charge in [0.25, 0.3) is 5.91 Å². The van der Waals surface area contributed by atoms with E-state index in [1.165, 1.54) is 0 Å². The highest BCUT2D eigenvalue weighted by atomic mass is 16.5. The van der Waals surface area contributed by atoms with Crippen LogP contribution in [0.25, 0.3) is 0 Å². The van der Waals surface area contributed by atoms with Crippen LogP contribution in [-0.4, -0.2) is 36.6 Å². The molecule has 0 saturated carbocycles. The molecule has 1 aromatic carbocycles. The van der Waals surface area contributed by atoms with E-state index in [1.54, 1.807) is 5.01 Å². The molecular weight excluding hydrogens is 270 g/mol. The van der Waals surface area contributed by atoms with E-state index in [4.69, 9.17) is 4.74 Å². The topological polar surface area (TPSA) is 70.7 Å². The van der Waals surface area contributed by atoms with Crippen molar-refractivity contribution in [1.29, 1.82) is 0 Å². The van der Waals surface area contributed by atoms with Crippen molar-refractivity contribution in [3.63, 3.8) is 0 Å². The van der Waals surface area contributed by atoms with Gasteiger partial charge in [-0.2, -0.15) is 0 Å². The normalized spacial score (nSPS) is 10.2. The average Bonchev–Trinajstić information content (AvgIpc) is 2.51. The van der Waals surface area contributed by atoms with E-state index in [-0.39, 0.29) is 19.1 Å². The van der Waals surface area contributed by atoms with Gasteiger partial charge in [0.05, 0.1) is 0 Å². The van der Waals surface area contributed by atoms with Crippen molar-refractivity contribution in [3.05, 3.63) is 35.9 Å². The predicted molar refractivity (Wildman–Crippen MR) is 80.3 cm³/mol. The number of carbonyl (C=O) groups excluding carboxylic acids is 2. The van der Waals surface area contributed by atoms with Gasteiger partial charge in [-0.05, 0) is 12.0 Å². The second-order valence-corrected chi connectivity index (χ2v) is 4.53. The molecule has 0 aromatic heterocycles. The third-order valence-corrected chi connectivity index (χ3v) is 2.76. The van der Waals surface area contributed by atoms with E-state index in [0.29, 0.717) is 0 Å². The Morgan fingerprint density at radius 1 is 1.19 bits per heavy atom. The van der Waals surface area contributed by atoms with Gasteiger partial charge in [-0.3, -0.25) is 10.2 Å². The van der Waals surface area contributed by atoms with E-state index >= 15 is 0 Å². The molecule has 0 spiro atoms. The summed E-state index contributed by atoms with van der Waals surface area (Å²) in [6, 6.07) is 9.37. The van der Waals surface area contributed by atoms with Gasteiger partial charge in [0.2, 0.25) is 0 Å². The summed E-state index contributed by atoms with van der Waals surface area (Å²) in [5, 5.41) is 4.23. The molecule has 6 nitrogen and oxygen atoms in total. The number of nitrogens with one attached hydrogen (secondary N) is 2. The standard InChI is InChI=1S/C15H23N3O3/c1-3-10-18(4-2)17-14(19)11-16-15(20)21-12-13-8-6-5-7-9-13/h5-9H,3-4,10-12H2,1-2H3,(H,16,20)(H,17,19). The van der Waals surface area contributed by atoms with Gasteiger partial charge in [-0.15, -0.1) is 0 Å². The largest absolute Gasteiger partial charge is 0.445 e. The fourth-order valence-corrected chi connectivity index (χ4v) is 1.71. The van der Waals surface area contributed by atoms with Gasteiger partial charge in [0, 0.05) is 13.1 Å². The molecule has 21 heavy (non-hydrogen) atoms. The molecule has 0 heterocycles. The van der Waals surface area contributed by atoms with Gasteiger partial charge >= 0.3 is 6.09 Å². The van der Waals surface area contributed by atoms with Crippen molar-refractivity contribution in [3.8, 4) is 0 Å². The molecule has 0 aliphatic rings. The van der Waals surface area contributed by atoms with Crippen molar-refractivity contribution in [1.82, 2.24) is 15.8 Å². The molecule has 1 aromatic rings. The number of ether oxygens (including phenoxy) is 1. The average molecular weight is 293 g/mol. The number of alkyl carbamates (subject to hydrolysis) is 1. The highest BCUT2D eigenvalue weighted by Gasteiger charge is 2.09. The quantitative estimate of drug-likeness (QED) is 0.715. The van der Waals surface area contributed by atoms with Gasteiger partial charge in [-0.1, -0.05) is 44.2 Å². The molecular formula is C15H23N3O3. The Hall–Kier alpha value is -2.08. The summed E-state index contributed by atoms with van der Waals surface area (Å²) in [5.74, 6) is -0.262. The molecule has 1 rings (SSSR count). The van der Waals surface area contributed by atoms with E-state index in [9.17, 15) is 9.59 Å². The molecule has 0 atom stereocenters. The molecule has 0 aliphatic heterocycles. The van der Waals surface area contributed by atoms with Gasteiger partial charge in [0.15, 0.2) is 0 Å². The van der Waals surface area contributed by atoms with Gasteiger partial charge in [0.1, 0.15) is 13.2 Å². The van der Waals surface area contributed by atoms with Crippen LogP contribution in [0.15, 0.2) is 30.3 Å². The minimum Gasteiger partial charge on any atom is -0.445 e. The third kappa shape index (κ3) is 7.31. The van der Waals surface area contributed by atoms with Crippen LogP contribution in [0.1, 0.15) is 25.8 Å². The molecule has 2 N–H and O–H groups in total. The summed E-state index contributed by atoms with van der Waals surface area (Å²) in [6.45, 7) is 5.57. The number of carbonyl (C=O) groups is 2. The highest BCUT2D eigenvalue weighted by molar-refractivity contribution is 5.81. The van der Waals surface area contributed by atoms with E-state index in [0.717, 1.165) is 25.1 Å². The van der Waals surface area contributed by atoms with E-state index < -0.39 is 6.09 Å². The molecule has 0 fully saturated rings. The molecule has 0 bridgehead atoms. The minimum atomic E-state index is -0.604. The van der Waals surface area contributed by atoms with Crippen LogP contribution in [0.5, 0.6) is 0 Å². The van der Waals surface area contributed by atoms with Gasteiger partial charge in [-0.25, -0.2) is 9.80 Å². The lowest BCUT2D eigenvalue weighted by molar-refractivity contribution is -0.124. The molecule has 0 saturated heterocycles. The minimum absolute atomic E-state index is 0.103. The van der Waals surface area contributed by atoms with Crippen molar-refractivity contribution in [2.75, 3.05) is 19.6 Å².